The lowest BCUT2D eigenvalue weighted by Crippen LogP contribution is -2.48. The van der Waals surface area contributed by atoms with Crippen LogP contribution in [-0.2, 0) is 4.79 Å². The number of aliphatic carboxylic acids is 1. The molecule has 1 fully saturated rings. The molecule has 0 amide bonds. The molecule has 0 saturated heterocycles. The molecule has 0 aliphatic heterocycles. The molecule has 0 radical (unpaired) electrons. The van der Waals surface area contributed by atoms with Crippen LogP contribution in [0, 0.1) is 17.3 Å². The van der Waals surface area contributed by atoms with Crippen molar-refractivity contribution >= 4 is 17.6 Å². The summed E-state index contributed by atoms with van der Waals surface area (Å²) in [5, 5.41) is 21.8. The maximum atomic E-state index is 11.6. The van der Waals surface area contributed by atoms with Crippen LogP contribution >= 0.6 is 0 Å². The van der Waals surface area contributed by atoms with Crippen LogP contribution in [0.5, 0.6) is 0 Å². The Bertz CT molecular complexity index is 565. The van der Waals surface area contributed by atoms with Gasteiger partial charge in [-0.05, 0) is 48.4 Å². The number of carboxylic acids is 2. The standard InChI is InChI=1S/C17H23NO4/c1-10-13(8-9-17(2,3)14(10)16(21)22)18-12-6-4-11(5-7-12)15(19)20/h4-7,10,13-14,18H,8-9H2,1-3H3,(H,19,20)(H,21,22). The topological polar surface area (TPSA) is 86.6 Å². The SMILES string of the molecule is CC1C(Nc2ccc(C(=O)O)cc2)CCC(C)(C)C1C(=O)O. The van der Waals surface area contributed by atoms with Gasteiger partial charge in [-0.3, -0.25) is 4.79 Å². The summed E-state index contributed by atoms with van der Waals surface area (Å²) in [5.41, 5.74) is 0.855. The molecule has 0 bridgehead atoms. The van der Waals surface area contributed by atoms with Crippen LogP contribution in [0.25, 0.3) is 0 Å². The van der Waals surface area contributed by atoms with Gasteiger partial charge in [0.15, 0.2) is 0 Å². The number of anilines is 1. The van der Waals surface area contributed by atoms with Crippen molar-refractivity contribution in [3.63, 3.8) is 0 Å². The predicted octanol–water partition coefficient (Wildman–Crippen LogP) is 3.32. The third kappa shape index (κ3) is 3.24. The molecule has 1 aromatic rings. The Morgan fingerprint density at radius 3 is 2.27 bits per heavy atom. The zero-order valence-electron chi connectivity index (χ0n) is 13.2. The van der Waals surface area contributed by atoms with Crippen LogP contribution in [-0.4, -0.2) is 28.2 Å². The highest BCUT2D eigenvalue weighted by Crippen LogP contribution is 2.44. The van der Waals surface area contributed by atoms with Gasteiger partial charge in [0.2, 0.25) is 0 Å². The van der Waals surface area contributed by atoms with Gasteiger partial charge >= 0.3 is 11.9 Å². The van der Waals surface area contributed by atoms with Crippen LogP contribution in [0.4, 0.5) is 5.69 Å². The fraction of sp³-hybridized carbons (Fsp3) is 0.529. The first-order valence-corrected chi connectivity index (χ1v) is 7.55. The first-order valence-electron chi connectivity index (χ1n) is 7.55. The van der Waals surface area contributed by atoms with Crippen molar-refractivity contribution in [1.29, 1.82) is 0 Å². The second-order valence-electron chi connectivity index (χ2n) is 6.84. The summed E-state index contributed by atoms with van der Waals surface area (Å²) in [5.74, 6) is -2.09. The lowest BCUT2D eigenvalue weighted by molar-refractivity contribution is -0.150. The number of carbonyl (C=O) groups is 2. The monoisotopic (exact) mass is 305 g/mol. The van der Waals surface area contributed by atoms with Gasteiger partial charge in [0.25, 0.3) is 0 Å². The minimum absolute atomic E-state index is 0.000371. The maximum absolute atomic E-state index is 11.6. The largest absolute Gasteiger partial charge is 0.481 e. The fourth-order valence-electron chi connectivity index (χ4n) is 3.58. The minimum atomic E-state index is -0.953. The number of hydrogen-bond acceptors (Lipinski definition) is 3. The zero-order chi connectivity index (χ0) is 16.5. The number of aromatic carboxylic acids is 1. The molecule has 1 aliphatic carbocycles. The average molecular weight is 305 g/mol. The van der Waals surface area contributed by atoms with Crippen molar-refractivity contribution in [3.05, 3.63) is 29.8 Å². The Kier molecular flexibility index (Phi) is 4.44. The summed E-state index contributed by atoms with van der Waals surface area (Å²) < 4.78 is 0. The van der Waals surface area contributed by atoms with E-state index in [1.54, 1.807) is 24.3 Å². The molecule has 2 rings (SSSR count). The molecule has 1 saturated carbocycles. The fourth-order valence-corrected chi connectivity index (χ4v) is 3.58. The van der Waals surface area contributed by atoms with Crippen LogP contribution < -0.4 is 5.32 Å². The highest BCUT2D eigenvalue weighted by Gasteiger charge is 2.45. The van der Waals surface area contributed by atoms with E-state index in [0.29, 0.717) is 0 Å². The van der Waals surface area contributed by atoms with Crippen molar-refractivity contribution < 1.29 is 19.8 Å². The quantitative estimate of drug-likeness (QED) is 0.794. The molecule has 0 heterocycles. The van der Waals surface area contributed by atoms with E-state index in [9.17, 15) is 14.7 Å². The number of rotatable bonds is 4. The molecule has 120 valence electrons. The first kappa shape index (κ1) is 16.3. The second kappa shape index (κ2) is 5.99. The Hall–Kier alpha value is -2.04. The van der Waals surface area contributed by atoms with Crippen LogP contribution in [0.2, 0.25) is 0 Å². The van der Waals surface area contributed by atoms with E-state index in [1.807, 2.05) is 20.8 Å². The Morgan fingerprint density at radius 1 is 1.18 bits per heavy atom. The molecule has 3 atom stereocenters. The van der Waals surface area contributed by atoms with Crippen molar-refractivity contribution in [2.45, 2.75) is 39.7 Å². The molecular formula is C17H23NO4. The van der Waals surface area contributed by atoms with Gasteiger partial charge in [0.05, 0.1) is 11.5 Å². The molecule has 22 heavy (non-hydrogen) atoms. The van der Waals surface area contributed by atoms with Gasteiger partial charge in [-0.2, -0.15) is 0 Å². The lowest BCUT2D eigenvalue weighted by atomic mass is 9.62. The molecule has 0 aromatic heterocycles. The predicted molar refractivity (Wildman–Crippen MR) is 84.1 cm³/mol. The highest BCUT2D eigenvalue weighted by molar-refractivity contribution is 5.88. The van der Waals surface area contributed by atoms with E-state index < -0.39 is 17.9 Å². The Labute approximate surface area is 130 Å². The van der Waals surface area contributed by atoms with Crippen molar-refractivity contribution in [1.82, 2.24) is 0 Å². The highest BCUT2D eigenvalue weighted by atomic mass is 16.4. The van der Waals surface area contributed by atoms with Gasteiger partial charge in [0, 0.05) is 11.7 Å². The molecule has 5 heteroatoms. The first-order chi connectivity index (χ1) is 10.2. The van der Waals surface area contributed by atoms with E-state index in [4.69, 9.17) is 5.11 Å². The minimum Gasteiger partial charge on any atom is -0.481 e. The molecule has 3 N–H and O–H groups in total. The Balaban J connectivity index is 2.13. The summed E-state index contributed by atoms with van der Waals surface area (Å²) in [6, 6.07) is 6.63. The third-order valence-electron chi connectivity index (χ3n) is 4.85. The normalized spacial score (nSPS) is 27.1. The summed E-state index contributed by atoms with van der Waals surface area (Å²) in [4.78, 5) is 22.5. The average Bonchev–Trinajstić information content (AvgIpc) is 2.42. The molecule has 1 aliphatic rings. The Morgan fingerprint density at radius 2 is 1.77 bits per heavy atom. The molecule has 0 spiro atoms. The van der Waals surface area contributed by atoms with E-state index in [0.717, 1.165) is 18.5 Å². The van der Waals surface area contributed by atoms with Gasteiger partial charge in [-0.1, -0.05) is 20.8 Å². The number of hydrogen-bond donors (Lipinski definition) is 3. The summed E-state index contributed by atoms with van der Waals surface area (Å²) in [6.45, 7) is 6.00. The van der Waals surface area contributed by atoms with Crippen molar-refractivity contribution in [2.75, 3.05) is 5.32 Å². The van der Waals surface area contributed by atoms with E-state index >= 15 is 0 Å². The van der Waals surface area contributed by atoms with Gasteiger partial charge < -0.3 is 15.5 Å². The van der Waals surface area contributed by atoms with Gasteiger partial charge in [0.1, 0.15) is 0 Å². The van der Waals surface area contributed by atoms with Gasteiger partial charge in [-0.15, -0.1) is 0 Å². The second-order valence-corrected chi connectivity index (χ2v) is 6.84. The van der Waals surface area contributed by atoms with Crippen LogP contribution in [0.15, 0.2) is 24.3 Å². The summed E-state index contributed by atoms with van der Waals surface area (Å²) in [6.07, 6.45) is 1.75. The van der Waals surface area contributed by atoms with Crippen LogP contribution in [0.1, 0.15) is 44.0 Å². The van der Waals surface area contributed by atoms with Crippen LogP contribution in [0.3, 0.4) is 0 Å². The smallest absolute Gasteiger partial charge is 0.335 e. The molecule has 3 unspecified atom stereocenters. The molecule has 1 aromatic carbocycles. The summed E-state index contributed by atoms with van der Waals surface area (Å²) in [7, 11) is 0. The van der Waals surface area contributed by atoms with Gasteiger partial charge in [-0.25, -0.2) is 4.79 Å². The number of benzene rings is 1. The molecule has 5 nitrogen and oxygen atoms in total. The molecular weight excluding hydrogens is 282 g/mol. The number of carboxylic acid groups (broad SMARTS) is 2. The van der Waals surface area contributed by atoms with Crippen molar-refractivity contribution in [2.24, 2.45) is 17.3 Å². The maximum Gasteiger partial charge on any atom is 0.335 e. The van der Waals surface area contributed by atoms with E-state index in [-0.39, 0.29) is 22.9 Å². The lowest BCUT2D eigenvalue weighted by Gasteiger charge is -2.45. The third-order valence-corrected chi connectivity index (χ3v) is 4.85. The van der Waals surface area contributed by atoms with E-state index in [1.165, 1.54) is 0 Å². The number of nitrogens with one attached hydrogen (secondary N) is 1. The van der Waals surface area contributed by atoms with Crippen molar-refractivity contribution in [3.8, 4) is 0 Å². The summed E-state index contributed by atoms with van der Waals surface area (Å²) >= 11 is 0. The zero-order valence-corrected chi connectivity index (χ0v) is 13.2. The van der Waals surface area contributed by atoms with E-state index in [2.05, 4.69) is 5.32 Å².